The fourth-order valence-electron chi connectivity index (χ4n) is 3.49. The molecule has 0 fully saturated rings. The van der Waals surface area contributed by atoms with Gasteiger partial charge in [0.05, 0.1) is 0 Å². The predicted octanol–water partition coefficient (Wildman–Crippen LogP) is 3.13. The maximum atomic E-state index is 12.6. The number of carbonyl (C=O) groups is 2. The van der Waals surface area contributed by atoms with Gasteiger partial charge in [0.2, 0.25) is 5.91 Å². The number of benzene rings is 2. The van der Waals surface area contributed by atoms with E-state index in [0.717, 1.165) is 41.3 Å². The van der Waals surface area contributed by atoms with E-state index in [1.807, 2.05) is 41.8 Å². The fraction of sp³-hybridized carbons (Fsp3) is 0.238. The van der Waals surface area contributed by atoms with E-state index in [1.165, 1.54) is 0 Å². The lowest BCUT2D eigenvalue weighted by Crippen LogP contribution is -2.25. The summed E-state index contributed by atoms with van der Waals surface area (Å²) in [5.74, 6) is 0.641. The Kier molecular flexibility index (Phi) is 4.65. The van der Waals surface area contributed by atoms with Crippen LogP contribution >= 0.6 is 0 Å². The molecule has 0 bridgehead atoms. The monoisotopic (exact) mass is 375 g/mol. The molecule has 4 rings (SSSR count). The second-order valence-corrected chi connectivity index (χ2v) is 6.74. The average molecular weight is 375 g/mol. The number of hydrogen-bond donors (Lipinski definition) is 1. The molecule has 0 radical (unpaired) electrons. The minimum atomic E-state index is -0.176. The number of amides is 2. The van der Waals surface area contributed by atoms with Crippen molar-refractivity contribution in [3.8, 4) is 11.4 Å². The summed E-state index contributed by atoms with van der Waals surface area (Å²) in [6.45, 7) is 5.06. The van der Waals surface area contributed by atoms with E-state index in [4.69, 9.17) is 0 Å². The largest absolute Gasteiger partial charge is 0.322 e. The standard InChI is InChI=1S/C21H21N5O2/c1-3-25-13-22-24-20(25)15-4-6-16(7-5-15)21(28)23-18-8-9-19-17(12-18)10-11-26(19)14(2)27/h4-9,12-13H,3,10-11H2,1-2H3,(H,23,28). The Labute approximate surface area is 163 Å². The Morgan fingerprint density at radius 2 is 1.93 bits per heavy atom. The number of anilines is 2. The summed E-state index contributed by atoms with van der Waals surface area (Å²) in [6.07, 6.45) is 2.49. The van der Waals surface area contributed by atoms with Gasteiger partial charge in [-0.2, -0.15) is 0 Å². The topological polar surface area (TPSA) is 80.1 Å². The molecule has 0 saturated heterocycles. The maximum Gasteiger partial charge on any atom is 0.255 e. The second-order valence-electron chi connectivity index (χ2n) is 6.74. The Balaban J connectivity index is 1.49. The molecule has 28 heavy (non-hydrogen) atoms. The van der Waals surface area contributed by atoms with Crippen LogP contribution in [0.1, 0.15) is 29.8 Å². The first-order valence-electron chi connectivity index (χ1n) is 9.27. The molecule has 2 heterocycles. The summed E-state index contributed by atoms with van der Waals surface area (Å²) in [5, 5.41) is 11.0. The zero-order valence-corrected chi connectivity index (χ0v) is 15.8. The van der Waals surface area contributed by atoms with Crippen LogP contribution in [0.25, 0.3) is 11.4 Å². The first kappa shape index (κ1) is 17.9. The normalized spacial score (nSPS) is 12.7. The minimum absolute atomic E-state index is 0.0366. The van der Waals surface area contributed by atoms with E-state index in [-0.39, 0.29) is 11.8 Å². The van der Waals surface area contributed by atoms with Gasteiger partial charge in [0, 0.05) is 42.5 Å². The van der Waals surface area contributed by atoms with Gasteiger partial charge in [0.15, 0.2) is 5.82 Å². The van der Waals surface area contributed by atoms with Gasteiger partial charge in [-0.1, -0.05) is 12.1 Å². The number of aromatic nitrogens is 3. The third-order valence-electron chi connectivity index (χ3n) is 4.97. The molecule has 0 unspecified atom stereocenters. The van der Waals surface area contributed by atoms with Crippen molar-refractivity contribution in [2.75, 3.05) is 16.8 Å². The number of aryl methyl sites for hydroxylation is 1. The van der Waals surface area contributed by atoms with Crippen LogP contribution in [0.15, 0.2) is 48.8 Å². The van der Waals surface area contributed by atoms with Crippen molar-refractivity contribution in [1.29, 1.82) is 0 Å². The predicted molar refractivity (Wildman–Crippen MR) is 107 cm³/mol. The number of hydrogen-bond acceptors (Lipinski definition) is 4. The number of fused-ring (bicyclic) bond motifs is 1. The summed E-state index contributed by atoms with van der Waals surface area (Å²) in [7, 11) is 0. The quantitative estimate of drug-likeness (QED) is 0.760. The van der Waals surface area contributed by atoms with Crippen molar-refractivity contribution in [1.82, 2.24) is 14.8 Å². The van der Waals surface area contributed by atoms with Gasteiger partial charge >= 0.3 is 0 Å². The lowest BCUT2D eigenvalue weighted by Gasteiger charge is -2.15. The zero-order chi connectivity index (χ0) is 19.7. The third-order valence-corrected chi connectivity index (χ3v) is 4.97. The van der Waals surface area contributed by atoms with E-state index in [0.29, 0.717) is 12.1 Å². The highest BCUT2D eigenvalue weighted by molar-refractivity contribution is 6.05. The van der Waals surface area contributed by atoms with Gasteiger partial charge in [-0.25, -0.2) is 0 Å². The van der Waals surface area contributed by atoms with E-state index >= 15 is 0 Å². The average Bonchev–Trinajstić information content (AvgIpc) is 3.34. The molecular weight excluding hydrogens is 354 g/mol. The molecule has 0 aliphatic carbocycles. The van der Waals surface area contributed by atoms with E-state index in [1.54, 1.807) is 30.3 Å². The van der Waals surface area contributed by atoms with Crippen LogP contribution in [0.5, 0.6) is 0 Å². The number of rotatable bonds is 4. The molecule has 1 aromatic heterocycles. The summed E-state index contributed by atoms with van der Waals surface area (Å²) in [6, 6.07) is 13.0. The Bertz CT molecular complexity index is 1040. The highest BCUT2D eigenvalue weighted by Crippen LogP contribution is 2.30. The van der Waals surface area contributed by atoms with Gasteiger partial charge < -0.3 is 14.8 Å². The van der Waals surface area contributed by atoms with Crippen LogP contribution in [0.4, 0.5) is 11.4 Å². The van der Waals surface area contributed by atoms with Crippen molar-refractivity contribution in [2.45, 2.75) is 26.8 Å². The SMILES string of the molecule is CCn1cnnc1-c1ccc(C(=O)Nc2ccc3c(c2)CCN3C(C)=O)cc1. The summed E-state index contributed by atoms with van der Waals surface area (Å²) < 4.78 is 1.95. The van der Waals surface area contributed by atoms with Gasteiger partial charge in [-0.15, -0.1) is 10.2 Å². The number of carbonyl (C=O) groups excluding carboxylic acids is 2. The van der Waals surface area contributed by atoms with Crippen LogP contribution in [0, 0.1) is 0 Å². The second kappa shape index (κ2) is 7.26. The van der Waals surface area contributed by atoms with E-state index in [9.17, 15) is 9.59 Å². The number of nitrogens with zero attached hydrogens (tertiary/aromatic N) is 4. The smallest absolute Gasteiger partial charge is 0.255 e. The van der Waals surface area contributed by atoms with Crippen LogP contribution in [0.3, 0.4) is 0 Å². The maximum absolute atomic E-state index is 12.6. The fourth-order valence-corrected chi connectivity index (χ4v) is 3.49. The van der Waals surface area contributed by atoms with Gasteiger partial charge in [0.25, 0.3) is 5.91 Å². The van der Waals surface area contributed by atoms with Crippen LogP contribution in [-0.2, 0) is 17.8 Å². The van der Waals surface area contributed by atoms with Crippen LogP contribution in [-0.4, -0.2) is 33.1 Å². The zero-order valence-electron chi connectivity index (χ0n) is 15.8. The minimum Gasteiger partial charge on any atom is -0.322 e. The molecule has 1 aliphatic heterocycles. The molecule has 0 atom stereocenters. The van der Waals surface area contributed by atoms with Crippen molar-refractivity contribution in [3.05, 3.63) is 59.9 Å². The summed E-state index contributed by atoms with van der Waals surface area (Å²) in [4.78, 5) is 26.0. The van der Waals surface area contributed by atoms with E-state index < -0.39 is 0 Å². The Morgan fingerprint density at radius 1 is 1.14 bits per heavy atom. The first-order valence-corrected chi connectivity index (χ1v) is 9.27. The molecular formula is C21H21N5O2. The molecule has 142 valence electrons. The first-order chi connectivity index (χ1) is 13.6. The number of nitrogens with one attached hydrogen (secondary N) is 1. The molecule has 0 saturated carbocycles. The molecule has 7 nitrogen and oxygen atoms in total. The summed E-state index contributed by atoms with van der Waals surface area (Å²) >= 11 is 0. The molecule has 3 aromatic rings. The lowest BCUT2D eigenvalue weighted by molar-refractivity contribution is -0.116. The van der Waals surface area contributed by atoms with Crippen molar-refractivity contribution < 1.29 is 9.59 Å². The Morgan fingerprint density at radius 3 is 2.64 bits per heavy atom. The molecule has 7 heteroatoms. The van der Waals surface area contributed by atoms with Crippen LogP contribution < -0.4 is 10.2 Å². The molecule has 2 aromatic carbocycles. The molecule has 2 amide bonds. The highest BCUT2D eigenvalue weighted by atomic mass is 16.2. The molecule has 1 N–H and O–H groups in total. The van der Waals surface area contributed by atoms with Gasteiger partial charge in [-0.3, -0.25) is 9.59 Å². The lowest BCUT2D eigenvalue weighted by atomic mass is 10.1. The van der Waals surface area contributed by atoms with Gasteiger partial charge in [-0.05, 0) is 49.2 Å². The van der Waals surface area contributed by atoms with Gasteiger partial charge in [0.1, 0.15) is 6.33 Å². The highest BCUT2D eigenvalue weighted by Gasteiger charge is 2.22. The van der Waals surface area contributed by atoms with Crippen molar-refractivity contribution in [2.24, 2.45) is 0 Å². The molecule has 0 spiro atoms. The van der Waals surface area contributed by atoms with Crippen LogP contribution in [0.2, 0.25) is 0 Å². The summed E-state index contributed by atoms with van der Waals surface area (Å²) in [5.41, 5.74) is 4.20. The molecule has 1 aliphatic rings. The van der Waals surface area contributed by atoms with E-state index in [2.05, 4.69) is 15.5 Å². The third kappa shape index (κ3) is 3.26. The van der Waals surface area contributed by atoms with Crippen molar-refractivity contribution >= 4 is 23.2 Å². The Hall–Kier alpha value is -3.48. The van der Waals surface area contributed by atoms with Crippen molar-refractivity contribution in [3.63, 3.8) is 0 Å².